The summed E-state index contributed by atoms with van der Waals surface area (Å²) in [6, 6.07) is -0.866. The van der Waals surface area contributed by atoms with Gasteiger partial charge in [0.2, 0.25) is 0 Å². The molecule has 0 spiro atoms. The molecule has 0 aliphatic carbocycles. The number of carboxylic acid groups (broad SMARTS) is 1. The predicted octanol–water partition coefficient (Wildman–Crippen LogP) is 1.02. The van der Waals surface area contributed by atoms with Gasteiger partial charge in [-0.25, -0.2) is 9.78 Å². The number of amides is 1. The lowest BCUT2D eigenvalue weighted by atomic mass is 10.1. The highest BCUT2D eigenvalue weighted by molar-refractivity contribution is 7.17. The Hall–Kier alpha value is -1.63. The average molecular weight is 257 g/mol. The highest BCUT2D eigenvalue weighted by Gasteiger charge is 2.22. The fraction of sp³-hybridized carbons (Fsp3) is 0.500. The molecule has 4 N–H and O–H groups in total. The van der Waals surface area contributed by atoms with Crippen LogP contribution >= 0.6 is 11.3 Å². The van der Waals surface area contributed by atoms with Crippen molar-refractivity contribution in [2.75, 3.05) is 5.73 Å². The first kappa shape index (κ1) is 13.4. The van der Waals surface area contributed by atoms with Gasteiger partial charge in [-0.05, 0) is 13.3 Å². The summed E-state index contributed by atoms with van der Waals surface area (Å²) in [4.78, 5) is 27.0. The fourth-order valence-corrected chi connectivity index (χ4v) is 2.13. The molecule has 1 unspecified atom stereocenters. The van der Waals surface area contributed by atoms with Gasteiger partial charge in [0, 0.05) is 0 Å². The Bertz CT molecular complexity index is 430. The lowest BCUT2D eigenvalue weighted by Gasteiger charge is -2.12. The van der Waals surface area contributed by atoms with E-state index in [4.69, 9.17) is 10.8 Å². The topological polar surface area (TPSA) is 105 Å². The van der Waals surface area contributed by atoms with Gasteiger partial charge in [0.1, 0.15) is 10.9 Å². The minimum atomic E-state index is -1.03. The summed E-state index contributed by atoms with van der Waals surface area (Å²) < 4.78 is 0. The second-order valence-corrected chi connectivity index (χ2v) is 4.65. The smallest absolute Gasteiger partial charge is 0.326 e. The second kappa shape index (κ2) is 5.62. The second-order valence-electron chi connectivity index (χ2n) is 3.62. The first-order valence-corrected chi connectivity index (χ1v) is 6.04. The van der Waals surface area contributed by atoms with Crippen LogP contribution < -0.4 is 11.1 Å². The molecule has 0 saturated heterocycles. The Balaban J connectivity index is 2.77. The monoisotopic (exact) mass is 257 g/mol. The Morgan fingerprint density at radius 1 is 1.59 bits per heavy atom. The number of aliphatic carboxylic acids is 1. The Morgan fingerprint density at radius 2 is 2.24 bits per heavy atom. The van der Waals surface area contributed by atoms with E-state index in [9.17, 15) is 9.59 Å². The molecule has 1 aromatic rings. The summed E-state index contributed by atoms with van der Waals surface area (Å²) >= 11 is 1.06. The van der Waals surface area contributed by atoms with Crippen LogP contribution in [0.3, 0.4) is 0 Å². The number of carbonyl (C=O) groups excluding carboxylic acids is 1. The van der Waals surface area contributed by atoms with Crippen molar-refractivity contribution >= 4 is 28.3 Å². The minimum Gasteiger partial charge on any atom is -0.480 e. The van der Waals surface area contributed by atoms with E-state index in [1.54, 1.807) is 6.92 Å². The highest BCUT2D eigenvalue weighted by atomic mass is 32.1. The molecular formula is C10H15N3O3S. The van der Waals surface area contributed by atoms with Gasteiger partial charge in [-0.15, -0.1) is 0 Å². The van der Waals surface area contributed by atoms with Crippen LogP contribution in [0.2, 0.25) is 0 Å². The summed E-state index contributed by atoms with van der Waals surface area (Å²) in [6.07, 6.45) is 1.08. The number of nitrogen functional groups attached to an aromatic ring is 1. The summed E-state index contributed by atoms with van der Waals surface area (Å²) in [5, 5.41) is 11.7. The lowest BCUT2D eigenvalue weighted by molar-refractivity contribution is -0.139. The Labute approximate surface area is 103 Å². The van der Waals surface area contributed by atoms with E-state index in [1.807, 2.05) is 6.92 Å². The van der Waals surface area contributed by atoms with E-state index >= 15 is 0 Å². The fourth-order valence-electron chi connectivity index (χ4n) is 1.40. The molecule has 1 aromatic heterocycles. The number of nitrogens with zero attached hydrogens (tertiary/aromatic N) is 1. The molecule has 17 heavy (non-hydrogen) atoms. The quantitative estimate of drug-likeness (QED) is 0.730. The molecule has 0 bridgehead atoms. The van der Waals surface area contributed by atoms with E-state index in [-0.39, 0.29) is 0 Å². The van der Waals surface area contributed by atoms with Gasteiger partial charge in [0.25, 0.3) is 5.91 Å². The van der Waals surface area contributed by atoms with E-state index < -0.39 is 17.9 Å². The third-order valence-electron chi connectivity index (χ3n) is 2.20. The van der Waals surface area contributed by atoms with Crippen molar-refractivity contribution in [3.63, 3.8) is 0 Å². The van der Waals surface area contributed by atoms with E-state index in [0.29, 0.717) is 28.5 Å². The lowest BCUT2D eigenvalue weighted by Crippen LogP contribution is -2.40. The van der Waals surface area contributed by atoms with Gasteiger partial charge in [0.05, 0.1) is 5.69 Å². The van der Waals surface area contributed by atoms with Crippen molar-refractivity contribution in [1.82, 2.24) is 10.3 Å². The zero-order chi connectivity index (χ0) is 13.0. The van der Waals surface area contributed by atoms with Gasteiger partial charge >= 0.3 is 5.97 Å². The maximum Gasteiger partial charge on any atom is 0.326 e. The van der Waals surface area contributed by atoms with Crippen LogP contribution in [0.4, 0.5) is 5.13 Å². The van der Waals surface area contributed by atoms with E-state index in [1.165, 1.54) is 0 Å². The van der Waals surface area contributed by atoms with Crippen LogP contribution in [0.25, 0.3) is 0 Å². The number of carboxylic acids is 1. The minimum absolute atomic E-state index is 0.301. The summed E-state index contributed by atoms with van der Waals surface area (Å²) in [5.41, 5.74) is 6.00. The normalized spacial score (nSPS) is 12.1. The van der Waals surface area contributed by atoms with Crippen molar-refractivity contribution in [1.29, 1.82) is 0 Å². The molecule has 0 fully saturated rings. The molecule has 0 radical (unpaired) electrons. The zero-order valence-electron chi connectivity index (χ0n) is 9.69. The third-order valence-corrected chi connectivity index (χ3v) is 3.19. The van der Waals surface area contributed by atoms with E-state index in [2.05, 4.69) is 10.3 Å². The highest BCUT2D eigenvalue weighted by Crippen LogP contribution is 2.19. The number of hydrogen-bond acceptors (Lipinski definition) is 5. The maximum absolute atomic E-state index is 11.8. The molecular weight excluding hydrogens is 242 g/mol. The number of anilines is 1. The van der Waals surface area contributed by atoms with Crippen molar-refractivity contribution in [3.8, 4) is 0 Å². The third kappa shape index (κ3) is 3.42. The number of aromatic nitrogens is 1. The molecule has 1 amide bonds. The number of rotatable bonds is 5. The molecule has 0 aliphatic rings. The number of hydrogen-bond donors (Lipinski definition) is 3. The average Bonchev–Trinajstić information content (AvgIpc) is 2.57. The SMILES string of the molecule is CCCC(NC(=O)c1sc(N)nc1C)C(=O)O. The zero-order valence-corrected chi connectivity index (χ0v) is 10.5. The summed E-state index contributed by atoms with van der Waals surface area (Å²) in [5.74, 6) is -1.46. The molecule has 94 valence electrons. The molecule has 1 heterocycles. The van der Waals surface area contributed by atoms with Crippen LogP contribution in [0.1, 0.15) is 35.1 Å². The maximum atomic E-state index is 11.8. The Morgan fingerprint density at radius 3 is 2.65 bits per heavy atom. The first-order chi connectivity index (χ1) is 7.95. The molecule has 0 saturated carbocycles. The predicted molar refractivity (Wildman–Crippen MR) is 65.1 cm³/mol. The van der Waals surface area contributed by atoms with Gasteiger partial charge < -0.3 is 16.2 Å². The van der Waals surface area contributed by atoms with Gasteiger partial charge in [0.15, 0.2) is 5.13 Å². The van der Waals surface area contributed by atoms with E-state index in [0.717, 1.165) is 11.3 Å². The largest absolute Gasteiger partial charge is 0.480 e. The van der Waals surface area contributed by atoms with Crippen LogP contribution in [0, 0.1) is 6.92 Å². The van der Waals surface area contributed by atoms with Crippen LogP contribution in [0.15, 0.2) is 0 Å². The first-order valence-electron chi connectivity index (χ1n) is 5.22. The number of thiazole rings is 1. The van der Waals surface area contributed by atoms with Crippen molar-refractivity contribution < 1.29 is 14.7 Å². The number of carbonyl (C=O) groups is 2. The Kier molecular flexibility index (Phi) is 4.45. The molecule has 1 rings (SSSR count). The summed E-state index contributed by atoms with van der Waals surface area (Å²) in [6.45, 7) is 3.52. The molecule has 1 atom stereocenters. The molecule has 0 aliphatic heterocycles. The number of aryl methyl sites for hydroxylation is 1. The molecule has 7 heteroatoms. The van der Waals surface area contributed by atoms with Crippen molar-refractivity contribution in [2.45, 2.75) is 32.7 Å². The summed E-state index contributed by atoms with van der Waals surface area (Å²) in [7, 11) is 0. The van der Waals surface area contributed by atoms with Gasteiger partial charge in [-0.3, -0.25) is 4.79 Å². The standard InChI is InChI=1S/C10H15N3O3S/c1-3-4-6(9(15)16)13-8(14)7-5(2)12-10(11)17-7/h6H,3-4H2,1-2H3,(H2,11,12)(H,13,14)(H,15,16). The van der Waals surface area contributed by atoms with Crippen LogP contribution in [-0.2, 0) is 4.79 Å². The van der Waals surface area contributed by atoms with Crippen molar-refractivity contribution in [3.05, 3.63) is 10.6 Å². The van der Waals surface area contributed by atoms with Crippen LogP contribution in [0.5, 0.6) is 0 Å². The number of nitrogens with one attached hydrogen (secondary N) is 1. The van der Waals surface area contributed by atoms with Gasteiger partial charge in [-0.1, -0.05) is 24.7 Å². The molecule has 6 nitrogen and oxygen atoms in total. The van der Waals surface area contributed by atoms with Crippen LogP contribution in [-0.4, -0.2) is 28.0 Å². The number of nitrogens with two attached hydrogens (primary N) is 1. The molecule has 0 aromatic carbocycles. The van der Waals surface area contributed by atoms with Crippen molar-refractivity contribution in [2.24, 2.45) is 0 Å². The van der Waals surface area contributed by atoms with Gasteiger partial charge in [-0.2, -0.15) is 0 Å².